The number of hydrogen-bond acceptors (Lipinski definition) is 2. The van der Waals surface area contributed by atoms with Gasteiger partial charge in [-0.3, -0.25) is 4.79 Å². The number of amides is 1. The monoisotopic (exact) mass is 301 g/mol. The second-order valence-corrected chi connectivity index (χ2v) is 5.38. The SMILES string of the molecule is CC(C)[C@@H](CO)NC(=O)C=Cc1ccc(Cl)cc1Cl. The van der Waals surface area contributed by atoms with Crippen LogP contribution in [0.1, 0.15) is 19.4 Å². The van der Waals surface area contributed by atoms with Crippen LogP contribution in [-0.4, -0.2) is 23.7 Å². The Balaban J connectivity index is 2.68. The molecule has 0 aliphatic heterocycles. The first kappa shape index (κ1) is 16.0. The van der Waals surface area contributed by atoms with Crippen molar-refractivity contribution in [1.29, 1.82) is 0 Å². The van der Waals surface area contributed by atoms with Crippen LogP contribution in [0.4, 0.5) is 0 Å². The Morgan fingerprint density at radius 3 is 2.63 bits per heavy atom. The largest absolute Gasteiger partial charge is 0.394 e. The number of carbonyl (C=O) groups is 1. The average molecular weight is 302 g/mol. The molecule has 3 nitrogen and oxygen atoms in total. The van der Waals surface area contributed by atoms with E-state index in [1.165, 1.54) is 6.08 Å². The van der Waals surface area contributed by atoms with Gasteiger partial charge in [0.15, 0.2) is 0 Å². The number of aliphatic hydroxyl groups excluding tert-OH is 1. The van der Waals surface area contributed by atoms with E-state index in [9.17, 15) is 4.79 Å². The first-order chi connectivity index (χ1) is 8.93. The lowest BCUT2D eigenvalue weighted by atomic mass is 10.1. The highest BCUT2D eigenvalue weighted by Crippen LogP contribution is 2.21. The molecule has 0 radical (unpaired) electrons. The Bertz CT molecular complexity index is 473. The Hall–Kier alpha value is -1.03. The lowest BCUT2D eigenvalue weighted by Gasteiger charge is -2.18. The van der Waals surface area contributed by atoms with E-state index in [1.807, 2.05) is 13.8 Å². The summed E-state index contributed by atoms with van der Waals surface area (Å²) in [6.45, 7) is 3.78. The van der Waals surface area contributed by atoms with Gasteiger partial charge in [-0.2, -0.15) is 0 Å². The van der Waals surface area contributed by atoms with Crippen LogP contribution in [0.5, 0.6) is 0 Å². The number of rotatable bonds is 5. The molecule has 0 heterocycles. The number of benzene rings is 1. The minimum Gasteiger partial charge on any atom is -0.394 e. The first-order valence-corrected chi connectivity index (χ1v) is 6.74. The molecule has 1 aromatic rings. The lowest BCUT2D eigenvalue weighted by molar-refractivity contribution is -0.117. The average Bonchev–Trinajstić information content (AvgIpc) is 2.34. The summed E-state index contributed by atoms with van der Waals surface area (Å²) < 4.78 is 0. The van der Waals surface area contributed by atoms with Crippen molar-refractivity contribution in [2.45, 2.75) is 19.9 Å². The summed E-state index contributed by atoms with van der Waals surface area (Å²) in [6, 6.07) is 4.80. The summed E-state index contributed by atoms with van der Waals surface area (Å²) in [4.78, 5) is 11.7. The molecule has 1 amide bonds. The third-order valence-corrected chi connectivity index (χ3v) is 3.27. The van der Waals surface area contributed by atoms with Gasteiger partial charge in [0.25, 0.3) is 0 Å². The Labute approximate surface area is 123 Å². The molecule has 19 heavy (non-hydrogen) atoms. The molecule has 104 valence electrons. The van der Waals surface area contributed by atoms with Gasteiger partial charge in [-0.05, 0) is 29.7 Å². The van der Waals surface area contributed by atoms with Gasteiger partial charge >= 0.3 is 0 Å². The maximum Gasteiger partial charge on any atom is 0.244 e. The standard InChI is InChI=1S/C14H17Cl2NO2/c1-9(2)13(8-18)17-14(19)6-4-10-3-5-11(15)7-12(10)16/h3-7,9,13,18H,8H2,1-2H3,(H,17,19)/t13-/m1/s1. The number of nitrogens with one attached hydrogen (secondary N) is 1. The van der Waals surface area contributed by atoms with E-state index in [0.29, 0.717) is 15.6 Å². The predicted molar refractivity (Wildman–Crippen MR) is 79.4 cm³/mol. The summed E-state index contributed by atoms with van der Waals surface area (Å²) in [6.07, 6.45) is 3.00. The number of carbonyl (C=O) groups excluding carboxylic acids is 1. The second kappa shape index (κ2) is 7.53. The summed E-state index contributed by atoms with van der Waals surface area (Å²) >= 11 is 11.8. The van der Waals surface area contributed by atoms with Crippen molar-refractivity contribution in [2.75, 3.05) is 6.61 Å². The Morgan fingerprint density at radius 1 is 1.42 bits per heavy atom. The number of aliphatic hydroxyl groups is 1. The molecule has 0 saturated carbocycles. The molecule has 1 atom stereocenters. The van der Waals surface area contributed by atoms with Crippen LogP contribution in [0.3, 0.4) is 0 Å². The normalized spacial score (nSPS) is 12.9. The number of halogens is 2. The van der Waals surface area contributed by atoms with E-state index >= 15 is 0 Å². The molecular weight excluding hydrogens is 285 g/mol. The van der Waals surface area contributed by atoms with Gasteiger partial charge in [0.2, 0.25) is 5.91 Å². The zero-order valence-electron chi connectivity index (χ0n) is 10.9. The highest BCUT2D eigenvalue weighted by Gasteiger charge is 2.13. The molecule has 0 aliphatic carbocycles. The van der Waals surface area contributed by atoms with E-state index in [4.69, 9.17) is 28.3 Å². The van der Waals surface area contributed by atoms with Crippen LogP contribution in [0.15, 0.2) is 24.3 Å². The fourth-order valence-corrected chi connectivity index (χ4v) is 1.93. The molecule has 0 fully saturated rings. The van der Waals surface area contributed by atoms with Gasteiger partial charge in [-0.15, -0.1) is 0 Å². The van der Waals surface area contributed by atoms with Crippen molar-refractivity contribution < 1.29 is 9.90 Å². The molecule has 0 saturated heterocycles. The third-order valence-electron chi connectivity index (χ3n) is 2.71. The van der Waals surface area contributed by atoms with Crippen LogP contribution in [-0.2, 0) is 4.79 Å². The maximum atomic E-state index is 11.7. The van der Waals surface area contributed by atoms with Gasteiger partial charge < -0.3 is 10.4 Å². The summed E-state index contributed by atoms with van der Waals surface area (Å²) in [5, 5.41) is 12.9. The summed E-state index contributed by atoms with van der Waals surface area (Å²) in [5.74, 6) is -0.0970. The third kappa shape index (κ3) is 5.23. The van der Waals surface area contributed by atoms with Crippen LogP contribution in [0, 0.1) is 5.92 Å². The van der Waals surface area contributed by atoms with Gasteiger partial charge in [0, 0.05) is 16.1 Å². The maximum absolute atomic E-state index is 11.7. The molecule has 1 rings (SSSR count). The minimum absolute atomic E-state index is 0.0844. The molecular formula is C14H17Cl2NO2. The van der Waals surface area contributed by atoms with Crippen molar-refractivity contribution in [3.63, 3.8) is 0 Å². The summed E-state index contributed by atoms with van der Waals surface area (Å²) in [5.41, 5.74) is 0.714. The summed E-state index contributed by atoms with van der Waals surface area (Å²) in [7, 11) is 0. The van der Waals surface area contributed by atoms with E-state index in [2.05, 4.69) is 5.32 Å². The lowest BCUT2D eigenvalue weighted by Crippen LogP contribution is -2.40. The molecule has 0 spiro atoms. The molecule has 1 aromatic carbocycles. The number of hydrogen-bond donors (Lipinski definition) is 2. The van der Waals surface area contributed by atoms with Gasteiger partial charge in [0.05, 0.1) is 12.6 Å². The highest BCUT2D eigenvalue weighted by molar-refractivity contribution is 6.35. The highest BCUT2D eigenvalue weighted by atomic mass is 35.5. The Morgan fingerprint density at radius 2 is 2.11 bits per heavy atom. The van der Waals surface area contributed by atoms with Crippen molar-refractivity contribution in [3.05, 3.63) is 39.9 Å². The van der Waals surface area contributed by atoms with Crippen LogP contribution in [0.2, 0.25) is 10.0 Å². The fraction of sp³-hybridized carbons (Fsp3) is 0.357. The zero-order chi connectivity index (χ0) is 14.4. The van der Waals surface area contributed by atoms with Crippen LogP contribution >= 0.6 is 23.2 Å². The molecule has 5 heteroatoms. The van der Waals surface area contributed by atoms with Crippen molar-refractivity contribution in [3.8, 4) is 0 Å². The molecule has 0 bridgehead atoms. The van der Waals surface area contributed by atoms with Crippen LogP contribution < -0.4 is 5.32 Å². The van der Waals surface area contributed by atoms with E-state index in [0.717, 1.165) is 0 Å². The predicted octanol–water partition coefficient (Wildman–Crippen LogP) is 3.14. The first-order valence-electron chi connectivity index (χ1n) is 5.98. The van der Waals surface area contributed by atoms with Crippen molar-refractivity contribution in [2.24, 2.45) is 5.92 Å². The topological polar surface area (TPSA) is 49.3 Å². The zero-order valence-corrected chi connectivity index (χ0v) is 12.4. The van der Waals surface area contributed by atoms with Crippen molar-refractivity contribution in [1.82, 2.24) is 5.32 Å². The second-order valence-electron chi connectivity index (χ2n) is 4.54. The molecule has 0 aromatic heterocycles. The minimum atomic E-state index is -0.265. The van der Waals surface area contributed by atoms with Crippen molar-refractivity contribution >= 4 is 35.2 Å². The smallest absolute Gasteiger partial charge is 0.244 e. The molecule has 0 aliphatic rings. The fourth-order valence-electron chi connectivity index (χ4n) is 1.46. The van der Waals surface area contributed by atoms with Gasteiger partial charge in [0.1, 0.15) is 0 Å². The molecule has 2 N–H and O–H groups in total. The quantitative estimate of drug-likeness (QED) is 0.821. The van der Waals surface area contributed by atoms with E-state index in [1.54, 1.807) is 24.3 Å². The van der Waals surface area contributed by atoms with Gasteiger partial charge in [-0.25, -0.2) is 0 Å². The molecule has 0 unspecified atom stereocenters. The van der Waals surface area contributed by atoms with Crippen LogP contribution in [0.25, 0.3) is 6.08 Å². The van der Waals surface area contributed by atoms with E-state index < -0.39 is 0 Å². The Kier molecular flexibility index (Phi) is 6.35. The van der Waals surface area contributed by atoms with E-state index in [-0.39, 0.29) is 24.5 Å². The van der Waals surface area contributed by atoms with Gasteiger partial charge in [-0.1, -0.05) is 43.1 Å².